The molecule has 0 radical (unpaired) electrons. The van der Waals surface area contributed by atoms with Crippen LogP contribution in [-0.2, 0) is 6.54 Å². The lowest BCUT2D eigenvalue weighted by Crippen LogP contribution is -2.56. The Morgan fingerprint density at radius 2 is 1.94 bits per heavy atom. The summed E-state index contributed by atoms with van der Waals surface area (Å²) in [7, 11) is 0. The van der Waals surface area contributed by atoms with Crippen LogP contribution in [0.2, 0.25) is 0 Å². The van der Waals surface area contributed by atoms with Crippen LogP contribution in [0.5, 0.6) is 0 Å². The maximum Gasteiger partial charge on any atom is 0.282 e. The van der Waals surface area contributed by atoms with Crippen LogP contribution in [0.3, 0.4) is 0 Å². The van der Waals surface area contributed by atoms with Gasteiger partial charge in [0.1, 0.15) is 5.82 Å². The number of rotatable bonds is 2. The van der Waals surface area contributed by atoms with Crippen molar-refractivity contribution >= 4 is 5.82 Å². The summed E-state index contributed by atoms with van der Waals surface area (Å²) in [6.45, 7) is 4.20. The summed E-state index contributed by atoms with van der Waals surface area (Å²) in [5.74, 6) is -1.96. The van der Waals surface area contributed by atoms with Crippen molar-refractivity contribution in [1.82, 2.24) is 4.98 Å². The maximum absolute atomic E-state index is 12.5. The molecule has 0 aliphatic carbocycles. The average Bonchev–Trinajstić information content (AvgIpc) is 2.27. The number of halogens is 2. The number of hydrogen-bond acceptors (Lipinski definition) is 3. The SMILES string of the molecule is CCC.NCc1ccc(N2CC(F)(F)C2)nc1. The number of aromatic nitrogens is 1. The lowest BCUT2D eigenvalue weighted by molar-refractivity contribution is -0.0267. The standard InChI is InChI=1S/C9H11F2N3.C3H8/c10-9(11)5-14(6-9)8-2-1-7(3-12)4-13-8;1-3-2/h1-2,4H,3,5-6,12H2;3H2,1-2H3. The van der Waals surface area contributed by atoms with E-state index in [4.69, 9.17) is 5.73 Å². The van der Waals surface area contributed by atoms with Gasteiger partial charge in [-0.05, 0) is 11.6 Å². The Kier molecular flexibility index (Phi) is 4.81. The van der Waals surface area contributed by atoms with Crippen LogP contribution in [0.1, 0.15) is 25.8 Å². The summed E-state index contributed by atoms with van der Waals surface area (Å²) in [5.41, 5.74) is 6.30. The monoisotopic (exact) mass is 243 g/mol. The first kappa shape index (κ1) is 13.8. The van der Waals surface area contributed by atoms with Crippen LogP contribution >= 0.6 is 0 Å². The quantitative estimate of drug-likeness (QED) is 0.867. The van der Waals surface area contributed by atoms with Gasteiger partial charge in [-0.2, -0.15) is 0 Å². The van der Waals surface area contributed by atoms with Gasteiger partial charge in [-0.1, -0.05) is 26.3 Å². The molecule has 0 bridgehead atoms. The first-order chi connectivity index (χ1) is 8.02. The highest BCUT2D eigenvalue weighted by molar-refractivity contribution is 5.43. The van der Waals surface area contributed by atoms with Gasteiger partial charge in [0.05, 0.1) is 13.1 Å². The van der Waals surface area contributed by atoms with E-state index in [1.54, 1.807) is 23.2 Å². The Labute approximate surface area is 101 Å². The largest absolute Gasteiger partial charge is 0.344 e. The molecular weight excluding hydrogens is 224 g/mol. The lowest BCUT2D eigenvalue weighted by atomic mass is 10.1. The van der Waals surface area contributed by atoms with E-state index in [2.05, 4.69) is 18.8 Å². The predicted molar refractivity (Wildman–Crippen MR) is 65.3 cm³/mol. The Hall–Kier alpha value is -1.23. The van der Waals surface area contributed by atoms with E-state index in [1.165, 1.54) is 6.42 Å². The number of nitrogens with zero attached hydrogens (tertiary/aromatic N) is 2. The summed E-state index contributed by atoms with van der Waals surface area (Å²) >= 11 is 0. The molecular formula is C12H19F2N3. The second-order valence-corrected chi connectivity index (χ2v) is 4.15. The third kappa shape index (κ3) is 3.93. The van der Waals surface area contributed by atoms with E-state index < -0.39 is 5.92 Å². The molecule has 2 rings (SSSR count). The molecule has 1 fully saturated rings. The van der Waals surface area contributed by atoms with Gasteiger partial charge in [-0.15, -0.1) is 0 Å². The average molecular weight is 243 g/mol. The number of pyridine rings is 1. The summed E-state index contributed by atoms with van der Waals surface area (Å²) in [6, 6.07) is 3.52. The summed E-state index contributed by atoms with van der Waals surface area (Å²) in [4.78, 5) is 5.59. The van der Waals surface area contributed by atoms with Crippen molar-refractivity contribution in [3.05, 3.63) is 23.9 Å². The fourth-order valence-corrected chi connectivity index (χ4v) is 1.40. The molecule has 2 N–H and O–H groups in total. The molecule has 1 aromatic heterocycles. The molecule has 3 nitrogen and oxygen atoms in total. The molecule has 0 unspecified atom stereocenters. The van der Waals surface area contributed by atoms with Crippen LogP contribution in [0, 0.1) is 0 Å². The van der Waals surface area contributed by atoms with Gasteiger partial charge in [0, 0.05) is 12.7 Å². The smallest absolute Gasteiger partial charge is 0.282 e. The van der Waals surface area contributed by atoms with Gasteiger partial charge in [-0.3, -0.25) is 0 Å². The third-order valence-corrected chi connectivity index (χ3v) is 2.21. The number of hydrogen-bond donors (Lipinski definition) is 1. The lowest BCUT2D eigenvalue weighted by Gasteiger charge is -2.39. The molecule has 2 heterocycles. The molecule has 1 saturated heterocycles. The van der Waals surface area contributed by atoms with E-state index in [-0.39, 0.29) is 13.1 Å². The molecule has 0 saturated carbocycles. The minimum absolute atomic E-state index is 0.234. The van der Waals surface area contributed by atoms with Gasteiger partial charge in [0.2, 0.25) is 0 Å². The number of nitrogens with two attached hydrogens (primary N) is 1. The second-order valence-electron chi connectivity index (χ2n) is 4.15. The molecule has 0 aromatic carbocycles. The van der Waals surface area contributed by atoms with Gasteiger partial charge in [0.15, 0.2) is 0 Å². The Morgan fingerprint density at radius 1 is 1.35 bits per heavy atom. The topological polar surface area (TPSA) is 42.1 Å². The zero-order chi connectivity index (χ0) is 12.9. The Balaban J connectivity index is 0.000000437. The fourth-order valence-electron chi connectivity index (χ4n) is 1.40. The third-order valence-electron chi connectivity index (χ3n) is 2.21. The van der Waals surface area contributed by atoms with E-state index in [0.29, 0.717) is 12.4 Å². The van der Waals surface area contributed by atoms with Crippen LogP contribution in [0.25, 0.3) is 0 Å². The Morgan fingerprint density at radius 3 is 2.29 bits per heavy atom. The van der Waals surface area contributed by atoms with Crippen molar-refractivity contribution in [3.8, 4) is 0 Å². The zero-order valence-corrected chi connectivity index (χ0v) is 10.3. The van der Waals surface area contributed by atoms with E-state index >= 15 is 0 Å². The Bertz CT molecular complexity index is 330. The van der Waals surface area contributed by atoms with Crippen molar-refractivity contribution in [2.75, 3.05) is 18.0 Å². The van der Waals surface area contributed by atoms with Gasteiger partial charge < -0.3 is 10.6 Å². The highest BCUT2D eigenvalue weighted by Crippen LogP contribution is 2.30. The minimum atomic E-state index is -2.55. The van der Waals surface area contributed by atoms with Crippen LogP contribution in [0.4, 0.5) is 14.6 Å². The maximum atomic E-state index is 12.5. The zero-order valence-electron chi connectivity index (χ0n) is 10.3. The molecule has 1 aliphatic rings. The summed E-state index contributed by atoms with van der Waals surface area (Å²) < 4.78 is 25.1. The van der Waals surface area contributed by atoms with Crippen LogP contribution in [-0.4, -0.2) is 24.0 Å². The van der Waals surface area contributed by atoms with E-state index in [9.17, 15) is 8.78 Å². The highest BCUT2D eigenvalue weighted by atomic mass is 19.3. The summed E-state index contributed by atoms with van der Waals surface area (Å²) in [5, 5.41) is 0. The van der Waals surface area contributed by atoms with Crippen LogP contribution < -0.4 is 10.6 Å². The molecule has 0 spiro atoms. The first-order valence-electron chi connectivity index (χ1n) is 5.80. The van der Waals surface area contributed by atoms with Crippen molar-refractivity contribution < 1.29 is 8.78 Å². The second kappa shape index (κ2) is 5.91. The van der Waals surface area contributed by atoms with Gasteiger partial charge in [0.25, 0.3) is 5.92 Å². The van der Waals surface area contributed by atoms with Gasteiger partial charge in [-0.25, -0.2) is 13.8 Å². The molecule has 0 amide bonds. The van der Waals surface area contributed by atoms with Crippen molar-refractivity contribution in [3.63, 3.8) is 0 Å². The number of anilines is 1. The molecule has 1 aliphatic heterocycles. The van der Waals surface area contributed by atoms with Crippen LogP contribution in [0.15, 0.2) is 18.3 Å². The fraction of sp³-hybridized carbons (Fsp3) is 0.583. The molecule has 0 atom stereocenters. The van der Waals surface area contributed by atoms with Crippen molar-refractivity contribution in [1.29, 1.82) is 0 Å². The van der Waals surface area contributed by atoms with Gasteiger partial charge >= 0.3 is 0 Å². The minimum Gasteiger partial charge on any atom is -0.344 e. The van der Waals surface area contributed by atoms with E-state index in [0.717, 1.165) is 5.56 Å². The molecule has 1 aromatic rings. The molecule has 96 valence electrons. The molecule has 5 heteroatoms. The first-order valence-corrected chi connectivity index (χ1v) is 5.80. The summed E-state index contributed by atoms with van der Waals surface area (Å²) in [6.07, 6.45) is 2.87. The van der Waals surface area contributed by atoms with Crippen molar-refractivity contribution in [2.24, 2.45) is 5.73 Å². The number of alkyl halides is 2. The predicted octanol–water partition coefficient (Wildman–Crippen LogP) is 2.41. The highest BCUT2D eigenvalue weighted by Gasteiger charge is 2.44. The van der Waals surface area contributed by atoms with Crippen molar-refractivity contribution in [2.45, 2.75) is 32.7 Å². The molecule has 17 heavy (non-hydrogen) atoms. The van der Waals surface area contributed by atoms with E-state index in [1.807, 2.05) is 0 Å². The normalized spacial score (nSPS) is 16.9.